The third kappa shape index (κ3) is 5.76. The van der Waals surface area contributed by atoms with E-state index < -0.39 is 5.97 Å². The van der Waals surface area contributed by atoms with Crippen LogP contribution in [0.3, 0.4) is 0 Å². The van der Waals surface area contributed by atoms with Gasteiger partial charge in [0.1, 0.15) is 5.75 Å². The molecule has 0 aromatic heterocycles. The van der Waals surface area contributed by atoms with Gasteiger partial charge >= 0.3 is 5.97 Å². The van der Waals surface area contributed by atoms with Crippen LogP contribution >= 0.6 is 0 Å². The zero-order valence-corrected chi connectivity index (χ0v) is 13.7. The molecule has 2 aromatic carbocycles. The fourth-order valence-electron chi connectivity index (χ4n) is 2.17. The van der Waals surface area contributed by atoms with Crippen molar-refractivity contribution in [3.05, 3.63) is 65.7 Å². The van der Waals surface area contributed by atoms with Gasteiger partial charge in [-0.05, 0) is 42.7 Å². The van der Waals surface area contributed by atoms with Crippen LogP contribution in [-0.4, -0.2) is 32.1 Å². The Balaban J connectivity index is 1.65. The molecule has 0 aliphatic heterocycles. The molecular formula is C19H21NO4. The summed E-state index contributed by atoms with van der Waals surface area (Å²) in [5, 5.41) is 2.82. The van der Waals surface area contributed by atoms with E-state index in [2.05, 4.69) is 22.2 Å². The van der Waals surface area contributed by atoms with Crippen molar-refractivity contribution in [1.29, 1.82) is 0 Å². The molecule has 24 heavy (non-hydrogen) atoms. The molecule has 5 nitrogen and oxygen atoms in total. The maximum atomic E-state index is 11.7. The summed E-state index contributed by atoms with van der Waals surface area (Å²) in [5.41, 5.74) is 1.70. The monoisotopic (exact) mass is 327 g/mol. The molecule has 126 valence electrons. The summed E-state index contributed by atoms with van der Waals surface area (Å²) in [6, 6.07) is 16.6. The van der Waals surface area contributed by atoms with Crippen LogP contribution in [0.4, 0.5) is 0 Å². The van der Waals surface area contributed by atoms with Crippen LogP contribution < -0.4 is 10.1 Å². The highest BCUT2D eigenvalue weighted by molar-refractivity contribution is 5.89. The number of hydrogen-bond donors (Lipinski definition) is 1. The lowest BCUT2D eigenvalue weighted by Gasteiger charge is -2.08. The molecule has 0 saturated heterocycles. The molecule has 0 heterocycles. The molecule has 0 fully saturated rings. The van der Waals surface area contributed by atoms with Gasteiger partial charge in [-0.3, -0.25) is 4.79 Å². The minimum Gasteiger partial charge on any atom is -0.484 e. The second-order valence-corrected chi connectivity index (χ2v) is 5.24. The first-order valence-corrected chi connectivity index (χ1v) is 7.81. The second kappa shape index (κ2) is 9.35. The van der Waals surface area contributed by atoms with E-state index in [1.165, 1.54) is 12.7 Å². The first-order valence-electron chi connectivity index (χ1n) is 7.81. The Kier molecular flexibility index (Phi) is 6.83. The van der Waals surface area contributed by atoms with Crippen molar-refractivity contribution in [2.24, 2.45) is 0 Å². The molecule has 0 atom stereocenters. The average molecular weight is 327 g/mol. The standard InChI is InChI=1S/C19H21NO4/c1-23-19(22)16-9-11-17(12-10-16)24-14-18(21)20-13-5-8-15-6-3-2-4-7-15/h2-4,6-7,9-12H,5,8,13-14H2,1H3,(H,20,21). The molecule has 2 aromatic rings. The largest absolute Gasteiger partial charge is 0.484 e. The van der Waals surface area contributed by atoms with Crippen LogP contribution in [0.5, 0.6) is 5.75 Å². The predicted octanol–water partition coefficient (Wildman–Crippen LogP) is 2.60. The van der Waals surface area contributed by atoms with Gasteiger partial charge in [0.15, 0.2) is 6.61 Å². The summed E-state index contributed by atoms with van der Waals surface area (Å²) >= 11 is 0. The number of rotatable bonds is 8. The normalized spacial score (nSPS) is 10.0. The molecule has 0 saturated carbocycles. The number of aryl methyl sites for hydroxylation is 1. The van der Waals surface area contributed by atoms with E-state index in [0.717, 1.165) is 12.8 Å². The Morgan fingerprint density at radius 1 is 1.00 bits per heavy atom. The lowest BCUT2D eigenvalue weighted by Crippen LogP contribution is -2.29. The molecule has 5 heteroatoms. The van der Waals surface area contributed by atoms with Crippen LogP contribution in [0.2, 0.25) is 0 Å². The minimum atomic E-state index is -0.405. The Morgan fingerprint density at radius 2 is 1.71 bits per heavy atom. The molecule has 0 spiro atoms. The highest BCUT2D eigenvalue weighted by Gasteiger charge is 2.06. The number of esters is 1. The predicted molar refractivity (Wildman–Crippen MR) is 91.0 cm³/mol. The zero-order chi connectivity index (χ0) is 17.2. The van der Waals surface area contributed by atoms with Crippen molar-refractivity contribution in [3.63, 3.8) is 0 Å². The van der Waals surface area contributed by atoms with Gasteiger partial charge < -0.3 is 14.8 Å². The van der Waals surface area contributed by atoms with Crippen molar-refractivity contribution in [1.82, 2.24) is 5.32 Å². The fraction of sp³-hybridized carbons (Fsp3) is 0.263. The van der Waals surface area contributed by atoms with Crippen molar-refractivity contribution < 1.29 is 19.1 Å². The Morgan fingerprint density at radius 3 is 2.38 bits per heavy atom. The molecule has 0 aliphatic rings. The van der Waals surface area contributed by atoms with Crippen molar-refractivity contribution >= 4 is 11.9 Å². The van der Waals surface area contributed by atoms with E-state index in [1.54, 1.807) is 24.3 Å². The van der Waals surface area contributed by atoms with Crippen LogP contribution in [-0.2, 0) is 16.0 Å². The highest BCUT2D eigenvalue weighted by Crippen LogP contribution is 2.12. The summed E-state index contributed by atoms with van der Waals surface area (Å²) in [6.07, 6.45) is 1.81. The molecule has 0 bridgehead atoms. The van der Waals surface area contributed by atoms with E-state index in [-0.39, 0.29) is 12.5 Å². The van der Waals surface area contributed by atoms with Gasteiger partial charge in [-0.2, -0.15) is 0 Å². The van der Waals surface area contributed by atoms with Crippen LogP contribution in [0.1, 0.15) is 22.3 Å². The lowest BCUT2D eigenvalue weighted by atomic mass is 10.1. The fourth-order valence-corrected chi connectivity index (χ4v) is 2.17. The lowest BCUT2D eigenvalue weighted by molar-refractivity contribution is -0.123. The summed E-state index contributed by atoms with van der Waals surface area (Å²) in [7, 11) is 1.33. The van der Waals surface area contributed by atoms with Gasteiger partial charge in [0.2, 0.25) is 0 Å². The smallest absolute Gasteiger partial charge is 0.337 e. The third-order valence-electron chi connectivity index (χ3n) is 3.45. The number of methoxy groups -OCH3 is 1. The maximum Gasteiger partial charge on any atom is 0.337 e. The SMILES string of the molecule is COC(=O)c1ccc(OCC(=O)NCCCc2ccccc2)cc1. The first-order chi connectivity index (χ1) is 11.7. The summed E-state index contributed by atoms with van der Waals surface area (Å²) in [5.74, 6) is -0.0418. The van der Waals surface area contributed by atoms with Crippen LogP contribution in [0.15, 0.2) is 54.6 Å². The summed E-state index contributed by atoms with van der Waals surface area (Å²) in [6.45, 7) is 0.557. The van der Waals surface area contributed by atoms with Crippen LogP contribution in [0.25, 0.3) is 0 Å². The highest BCUT2D eigenvalue weighted by atomic mass is 16.5. The van der Waals surface area contributed by atoms with E-state index in [1.807, 2.05) is 18.2 Å². The minimum absolute atomic E-state index is 0.0527. The quantitative estimate of drug-likeness (QED) is 0.598. The number of amides is 1. The van der Waals surface area contributed by atoms with E-state index in [0.29, 0.717) is 17.9 Å². The third-order valence-corrected chi connectivity index (χ3v) is 3.45. The van der Waals surface area contributed by atoms with Gasteiger partial charge in [-0.15, -0.1) is 0 Å². The van der Waals surface area contributed by atoms with E-state index in [9.17, 15) is 9.59 Å². The van der Waals surface area contributed by atoms with Gasteiger partial charge in [0.05, 0.1) is 12.7 Å². The number of carbonyl (C=O) groups excluding carboxylic acids is 2. The number of ether oxygens (including phenoxy) is 2. The second-order valence-electron chi connectivity index (χ2n) is 5.24. The number of nitrogens with one attached hydrogen (secondary N) is 1. The Labute approximate surface area is 141 Å². The van der Waals surface area contributed by atoms with E-state index in [4.69, 9.17) is 4.74 Å². The zero-order valence-electron chi connectivity index (χ0n) is 13.7. The van der Waals surface area contributed by atoms with Crippen molar-refractivity contribution in [2.45, 2.75) is 12.8 Å². The first kappa shape index (κ1) is 17.5. The van der Waals surface area contributed by atoms with Gasteiger partial charge in [0.25, 0.3) is 5.91 Å². The molecule has 0 unspecified atom stereocenters. The molecule has 1 N–H and O–H groups in total. The topological polar surface area (TPSA) is 64.6 Å². The maximum absolute atomic E-state index is 11.7. The number of carbonyl (C=O) groups is 2. The average Bonchev–Trinajstić information content (AvgIpc) is 2.64. The molecular weight excluding hydrogens is 306 g/mol. The Hall–Kier alpha value is -2.82. The van der Waals surface area contributed by atoms with E-state index >= 15 is 0 Å². The number of benzene rings is 2. The molecule has 0 aliphatic carbocycles. The van der Waals surface area contributed by atoms with Gasteiger partial charge in [0, 0.05) is 6.54 Å². The summed E-state index contributed by atoms with van der Waals surface area (Å²) < 4.78 is 10.0. The van der Waals surface area contributed by atoms with Crippen molar-refractivity contribution in [3.8, 4) is 5.75 Å². The summed E-state index contributed by atoms with van der Waals surface area (Å²) in [4.78, 5) is 23.1. The number of hydrogen-bond acceptors (Lipinski definition) is 4. The molecule has 0 radical (unpaired) electrons. The van der Waals surface area contributed by atoms with Gasteiger partial charge in [-0.25, -0.2) is 4.79 Å². The molecule has 1 amide bonds. The van der Waals surface area contributed by atoms with Gasteiger partial charge in [-0.1, -0.05) is 30.3 Å². The Bertz CT molecular complexity index is 653. The van der Waals surface area contributed by atoms with Crippen LogP contribution in [0, 0.1) is 0 Å². The van der Waals surface area contributed by atoms with Crippen molar-refractivity contribution in [2.75, 3.05) is 20.3 Å². The molecule has 2 rings (SSSR count).